The van der Waals surface area contributed by atoms with Gasteiger partial charge in [-0.05, 0) is 6.42 Å². The van der Waals surface area contributed by atoms with Crippen molar-refractivity contribution >= 4 is 6.29 Å². The number of hydrogen-bond acceptors (Lipinski definition) is 2. The molecule has 1 aliphatic heterocycles. The summed E-state index contributed by atoms with van der Waals surface area (Å²) in [7, 11) is 0. The van der Waals surface area contributed by atoms with Crippen LogP contribution in [0, 0.1) is 0 Å². The summed E-state index contributed by atoms with van der Waals surface area (Å²) in [6.45, 7) is 2.05. The summed E-state index contributed by atoms with van der Waals surface area (Å²) in [5, 5.41) is 0. The lowest BCUT2D eigenvalue weighted by Crippen LogP contribution is -1.89. The Morgan fingerprint density at radius 3 is 2.78 bits per heavy atom. The first-order valence-corrected chi connectivity index (χ1v) is 3.16. The molecule has 0 N–H and O–H groups in total. The topological polar surface area (TPSA) is 29.6 Å². The Kier molecular flexibility index (Phi) is 2.01. The lowest BCUT2D eigenvalue weighted by atomic mass is 10.3. The van der Waals surface area contributed by atoms with Gasteiger partial charge in [0.1, 0.15) is 12.2 Å². The van der Waals surface area contributed by atoms with E-state index in [0.717, 1.165) is 12.7 Å². The predicted molar refractivity (Wildman–Crippen MR) is 34.2 cm³/mol. The summed E-state index contributed by atoms with van der Waals surface area (Å²) < 4.78 is 4.91. The van der Waals surface area contributed by atoms with Gasteiger partial charge in [-0.2, -0.15) is 0 Å². The summed E-state index contributed by atoms with van der Waals surface area (Å²) in [6.07, 6.45) is 5.72. The summed E-state index contributed by atoms with van der Waals surface area (Å²) in [5.74, 6) is 0. The molecule has 1 saturated heterocycles. The molecule has 0 aromatic rings. The minimum absolute atomic E-state index is 0.0856. The van der Waals surface area contributed by atoms with Crippen LogP contribution in [0.2, 0.25) is 0 Å². The molecule has 0 unspecified atom stereocenters. The Hall–Kier alpha value is -0.630. The van der Waals surface area contributed by atoms with E-state index in [1.165, 1.54) is 0 Å². The largest absolute Gasteiger partial charge is 0.357 e. The maximum Gasteiger partial charge on any atom is 0.151 e. The average Bonchev–Trinajstić information content (AvgIpc) is 2.62. The van der Waals surface area contributed by atoms with Crippen LogP contribution in [0.15, 0.2) is 12.2 Å². The molecular weight excluding hydrogens is 116 g/mol. The number of carbonyl (C=O) groups excluding carboxylic acids is 1. The quantitative estimate of drug-likeness (QED) is 0.319. The molecule has 0 aromatic carbocycles. The Morgan fingerprint density at radius 1 is 1.56 bits per heavy atom. The number of rotatable bonds is 3. The summed E-state index contributed by atoms with van der Waals surface area (Å²) in [6, 6.07) is 0. The van der Waals surface area contributed by atoms with Gasteiger partial charge in [-0.3, -0.25) is 0 Å². The van der Waals surface area contributed by atoms with Crippen molar-refractivity contribution in [1.29, 1.82) is 0 Å². The van der Waals surface area contributed by atoms with Crippen LogP contribution in [-0.4, -0.2) is 18.5 Å². The number of allylic oxidation sites excluding steroid dienone is 1. The Balaban J connectivity index is 2.18. The van der Waals surface area contributed by atoms with Crippen molar-refractivity contribution in [3.63, 3.8) is 0 Å². The highest BCUT2D eigenvalue weighted by Gasteiger charge is 2.35. The third-order valence-electron chi connectivity index (χ3n) is 1.26. The zero-order valence-corrected chi connectivity index (χ0v) is 5.41. The fourth-order valence-corrected chi connectivity index (χ4v) is 0.671. The SMILES string of the molecule is CC/C=C\[C@H]1O[C@@H]1C=O. The maximum absolute atomic E-state index is 9.98. The third-order valence-corrected chi connectivity index (χ3v) is 1.26. The zero-order valence-electron chi connectivity index (χ0n) is 5.41. The van der Waals surface area contributed by atoms with Gasteiger partial charge in [0.2, 0.25) is 0 Å². The van der Waals surface area contributed by atoms with Crippen LogP contribution in [0.25, 0.3) is 0 Å². The van der Waals surface area contributed by atoms with E-state index in [9.17, 15) is 4.79 Å². The molecule has 0 saturated carbocycles. The van der Waals surface area contributed by atoms with Gasteiger partial charge in [0.05, 0.1) is 0 Å². The molecule has 2 nitrogen and oxygen atoms in total. The number of hydrogen-bond donors (Lipinski definition) is 0. The van der Waals surface area contributed by atoms with Crippen LogP contribution in [0.3, 0.4) is 0 Å². The summed E-state index contributed by atoms with van der Waals surface area (Å²) in [4.78, 5) is 9.98. The van der Waals surface area contributed by atoms with Gasteiger partial charge in [-0.25, -0.2) is 0 Å². The van der Waals surface area contributed by atoms with Crippen molar-refractivity contribution in [3.05, 3.63) is 12.2 Å². The second-order valence-corrected chi connectivity index (χ2v) is 2.04. The summed E-state index contributed by atoms with van der Waals surface area (Å²) in [5.41, 5.74) is 0. The van der Waals surface area contributed by atoms with Crippen LogP contribution in [-0.2, 0) is 9.53 Å². The van der Waals surface area contributed by atoms with Gasteiger partial charge < -0.3 is 9.53 Å². The van der Waals surface area contributed by atoms with Crippen LogP contribution in [0.5, 0.6) is 0 Å². The molecule has 1 rings (SSSR count). The number of ether oxygens (including phenoxy) is 1. The normalized spacial score (nSPS) is 33.0. The maximum atomic E-state index is 9.98. The van der Waals surface area contributed by atoms with Gasteiger partial charge in [-0.1, -0.05) is 19.1 Å². The van der Waals surface area contributed by atoms with Gasteiger partial charge in [-0.15, -0.1) is 0 Å². The number of carbonyl (C=O) groups is 1. The molecule has 0 aliphatic carbocycles. The summed E-state index contributed by atoms with van der Waals surface area (Å²) >= 11 is 0. The molecule has 0 amide bonds. The molecule has 1 heterocycles. The Morgan fingerprint density at radius 2 is 2.33 bits per heavy atom. The van der Waals surface area contributed by atoms with Gasteiger partial charge >= 0.3 is 0 Å². The van der Waals surface area contributed by atoms with E-state index in [1.54, 1.807) is 0 Å². The molecule has 2 heteroatoms. The van der Waals surface area contributed by atoms with Gasteiger partial charge in [0, 0.05) is 0 Å². The Bertz CT molecular complexity index is 129. The molecule has 1 fully saturated rings. The highest BCUT2D eigenvalue weighted by molar-refractivity contribution is 5.61. The van der Waals surface area contributed by atoms with E-state index < -0.39 is 0 Å². The van der Waals surface area contributed by atoms with Crippen LogP contribution in [0.4, 0.5) is 0 Å². The number of aldehydes is 1. The van der Waals surface area contributed by atoms with Crippen molar-refractivity contribution in [1.82, 2.24) is 0 Å². The third kappa shape index (κ3) is 1.64. The highest BCUT2D eigenvalue weighted by Crippen LogP contribution is 2.20. The molecule has 9 heavy (non-hydrogen) atoms. The van der Waals surface area contributed by atoms with E-state index in [1.807, 2.05) is 12.2 Å². The molecule has 50 valence electrons. The number of epoxide rings is 1. The van der Waals surface area contributed by atoms with E-state index in [-0.39, 0.29) is 12.2 Å². The standard InChI is InChI=1S/C7H10O2/c1-2-3-4-6-7(5-8)9-6/h3-7H,2H2,1H3/b4-3-/t6-,7-/m1/s1. The molecule has 0 bridgehead atoms. The smallest absolute Gasteiger partial charge is 0.151 e. The highest BCUT2D eigenvalue weighted by atomic mass is 16.6. The lowest BCUT2D eigenvalue weighted by molar-refractivity contribution is -0.108. The Labute approximate surface area is 54.5 Å². The van der Waals surface area contributed by atoms with Crippen LogP contribution in [0.1, 0.15) is 13.3 Å². The van der Waals surface area contributed by atoms with Gasteiger partial charge in [0.15, 0.2) is 6.29 Å². The van der Waals surface area contributed by atoms with Gasteiger partial charge in [0.25, 0.3) is 0 Å². The first-order valence-electron chi connectivity index (χ1n) is 3.16. The van der Waals surface area contributed by atoms with Crippen molar-refractivity contribution in [2.24, 2.45) is 0 Å². The van der Waals surface area contributed by atoms with E-state index in [4.69, 9.17) is 4.74 Å². The fraction of sp³-hybridized carbons (Fsp3) is 0.571. The van der Waals surface area contributed by atoms with Crippen molar-refractivity contribution in [3.8, 4) is 0 Å². The van der Waals surface area contributed by atoms with Crippen molar-refractivity contribution < 1.29 is 9.53 Å². The molecule has 2 atom stereocenters. The van der Waals surface area contributed by atoms with E-state index in [0.29, 0.717) is 0 Å². The first kappa shape index (κ1) is 6.49. The van der Waals surface area contributed by atoms with E-state index in [2.05, 4.69) is 6.92 Å². The van der Waals surface area contributed by atoms with Crippen LogP contribution < -0.4 is 0 Å². The minimum atomic E-state index is -0.146. The molecule has 0 radical (unpaired) electrons. The average molecular weight is 126 g/mol. The molecular formula is C7H10O2. The lowest BCUT2D eigenvalue weighted by Gasteiger charge is -1.74. The second-order valence-electron chi connectivity index (χ2n) is 2.04. The minimum Gasteiger partial charge on any atom is -0.357 e. The predicted octanol–water partition coefficient (Wildman–Crippen LogP) is 0.919. The fourth-order valence-electron chi connectivity index (χ4n) is 0.671. The zero-order chi connectivity index (χ0) is 6.69. The van der Waals surface area contributed by atoms with Crippen LogP contribution >= 0.6 is 0 Å². The van der Waals surface area contributed by atoms with E-state index >= 15 is 0 Å². The molecule has 1 aliphatic rings. The monoisotopic (exact) mass is 126 g/mol. The first-order chi connectivity index (χ1) is 4.38. The molecule has 0 aromatic heterocycles. The van der Waals surface area contributed by atoms with Crippen molar-refractivity contribution in [2.45, 2.75) is 25.6 Å². The van der Waals surface area contributed by atoms with Crippen molar-refractivity contribution in [2.75, 3.05) is 0 Å². The second kappa shape index (κ2) is 2.78. The molecule has 0 spiro atoms.